The molecule has 0 N–H and O–H groups in total. The number of rotatable bonds is 3. The number of esters is 1. The maximum Gasteiger partial charge on any atom is 0.330 e. The highest BCUT2D eigenvalue weighted by Crippen LogP contribution is 2.18. The topological polar surface area (TPSA) is 35.5 Å². The molecule has 74 valence electrons. The summed E-state index contributed by atoms with van der Waals surface area (Å²) in [5.74, 6) is 0.351. The molecular formula is C11H12O3. The van der Waals surface area contributed by atoms with Crippen molar-refractivity contribution in [2.45, 2.75) is 0 Å². The van der Waals surface area contributed by atoms with Crippen LogP contribution < -0.4 is 4.74 Å². The lowest BCUT2D eigenvalue weighted by Crippen LogP contribution is -1.93. The van der Waals surface area contributed by atoms with Crippen LogP contribution in [0, 0.1) is 0 Å². The molecule has 0 unspecified atom stereocenters. The van der Waals surface area contributed by atoms with Crippen LogP contribution in [-0.2, 0) is 9.53 Å². The zero-order valence-electron chi connectivity index (χ0n) is 8.19. The highest BCUT2D eigenvalue weighted by molar-refractivity contribution is 5.87. The fourth-order valence-electron chi connectivity index (χ4n) is 1.03. The molecule has 0 radical (unpaired) electrons. The van der Waals surface area contributed by atoms with E-state index in [-0.39, 0.29) is 5.97 Å². The third-order valence-electron chi connectivity index (χ3n) is 1.74. The lowest BCUT2D eigenvalue weighted by atomic mass is 10.2. The fraction of sp³-hybridized carbons (Fsp3) is 0.182. The molecule has 0 atom stereocenters. The van der Waals surface area contributed by atoms with E-state index in [4.69, 9.17) is 4.74 Å². The summed E-state index contributed by atoms with van der Waals surface area (Å²) >= 11 is 0. The smallest absolute Gasteiger partial charge is 0.330 e. The summed E-state index contributed by atoms with van der Waals surface area (Å²) in [5, 5.41) is 0. The van der Waals surface area contributed by atoms with E-state index in [1.807, 2.05) is 24.3 Å². The maximum atomic E-state index is 10.8. The van der Waals surface area contributed by atoms with Gasteiger partial charge in [-0.3, -0.25) is 0 Å². The molecule has 1 rings (SSSR count). The number of hydrogen-bond acceptors (Lipinski definition) is 3. The number of methoxy groups -OCH3 is 2. The monoisotopic (exact) mass is 192 g/mol. The van der Waals surface area contributed by atoms with E-state index >= 15 is 0 Å². The molecule has 3 heteroatoms. The van der Waals surface area contributed by atoms with Crippen LogP contribution in [0.5, 0.6) is 5.75 Å². The summed E-state index contributed by atoms with van der Waals surface area (Å²) in [5.41, 5.74) is 0.848. The summed E-state index contributed by atoms with van der Waals surface area (Å²) in [6.07, 6.45) is 3.02. The van der Waals surface area contributed by atoms with E-state index in [1.165, 1.54) is 13.2 Å². The fourth-order valence-corrected chi connectivity index (χ4v) is 1.03. The highest BCUT2D eigenvalue weighted by atomic mass is 16.5. The average Bonchev–Trinajstić information content (AvgIpc) is 2.26. The summed E-state index contributed by atoms with van der Waals surface area (Å²) in [6, 6.07) is 7.43. The second-order valence-electron chi connectivity index (χ2n) is 2.60. The number of ether oxygens (including phenoxy) is 2. The Balaban J connectivity index is 2.85. The second-order valence-corrected chi connectivity index (χ2v) is 2.60. The third kappa shape index (κ3) is 2.62. The van der Waals surface area contributed by atoms with Gasteiger partial charge in [0, 0.05) is 11.6 Å². The Labute approximate surface area is 83.0 Å². The standard InChI is InChI=1S/C11H12O3/c1-13-10-6-4-3-5-9(10)7-8-11(12)14-2/h3-8H,1-2H3/b8-7-. The molecule has 0 aromatic heterocycles. The molecule has 0 heterocycles. The molecule has 0 aliphatic carbocycles. The number of para-hydroxylation sites is 1. The van der Waals surface area contributed by atoms with Crippen LogP contribution in [0.4, 0.5) is 0 Å². The Morgan fingerprint density at radius 2 is 2.00 bits per heavy atom. The van der Waals surface area contributed by atoms with Gasteiger partial charge in [-0.2, -0.15) is 0 Å². The van der Waals surface area contributed by atoms with Gasteiger partial charge < -0.3 is 9.47 Å². The van der Waals surface area contributed by atoms with Gasteiger partial charge in [0.15, 0.2) is 0 Å². The average molecular weight is 192 g/mol. The van der Waals surface area contributed by atoms with E-state index in [0.29, 0.717) is 0 Å². The van der Waals surface area contributed by atoms with Crippen LogP contribution in [0.25, 0.3) is 6.08 Å². The minimum absolute atomic E-state index is 0.379. The first-order valence-corrected chi connectivity index (χ1v) is 4.17. The number of carbonyl (C=O) groups excluding carboxylic acids is 1. The Kier molecular flexibility index (Phi) is 3.73. The van der Waals surface area contributed by atoms with Crippen molar-refractivity contribution < 1.29 is 14.3 Å². The van der Waals surface area contributed by atoms with Gasteiger partial charge in [0.05, 0.1) is 14.2 Å². The summed E-state index contributed by atoms with van der Waals surface area (Å²) in [6.45, 7) is 0. The van der Waals surface area contributed by atoms with Crippen LogP contribution in [0.2, 0.25) is 0 Å². The summed E-state index contributed by atoms with van der Waals surface area (Å²) < 4.78 is 9.59. The predicted octanol–water partition coefficient (Wildman–Crippen LogP) is 1.88. The molecule has 0 amide bonds. The van der Waals surface area contributed by atoms with E-state index in [9.17, 15) is 4.79 Å². The zero-order valence-corrected chi connectivity index (χ0v) is 8.19. The lowest BCUT2D eigenvalue weighted by Gasteiger charge is -2.02. The summed E-state index contributed by atoms with van der Waals surface area (Å²) in [7, 11) is 2.93. The minimum atomic E-state index is -0.379. The van der Waals surface area contributed by atoms with Crippen LogP contribution >= 0.6 is 0 Å². The van der Waals surface area contributed by atoms with Crippen molar-refractivity contribution in [3.8, 4) is 5.75 Å². The van der Waals surface area contributed by atoms with E-state index in [0.717, 1.165) is 11.3 Å². The normalized spacial score (nSPS) is 10.1. The molecule has 14 heavy (non-hydrogen) atoms. The Morgan fingerprint density at radius 1 is 1.29 bits per heavy atom. The first-order valence-electron chi connectivity index (χ1n) is 4.17. The Hall–Kier alpha value is -1.77. The molecule has 0 fully saturated rings. The maximum absolute atomic E-state index is 10.8. The molecule has 0 bridgehead atoms. The van der Waals surface area contributed by atoms with Crippen molar-refractivity contribution in [1.29, 1.82) is 0 Å². The molecule has 3 nitrogen and oxygen atoms in total. The third-order valence-corrected chi connectivity index (χ3v) is 1.74. The molecule has 0 aliphatic rings. The predicted molar refractivity (Wildman–Crippen MR) is 54.0 cm³/mol. The van der Waals surface area contributed by atoms with Crippen LogP contribution in [-0.4, -0.2) is 20.2 Å². The molecule has 1 aromatic carbocycles. The van der Waals surface area contributed by atoms with Crippen LogP contribution in [0.1, 0.15) is 5.56 Å². The molecule has 0 aliphatic heterocycles. The second kappa shape index (κ2) is 5.07. The van der Waals surface area contributed by atoms with E-state index < -0.39 is 0 Å². The van der Waals surface area contributed by atoms with Crippen molar-refractivity contribution >= 4 is 12.0 Å². The number of carbonyl (C=O) groups is 1. The van der Waals surface area contributed by atoms with Gasteiger partial charge in [0.1, 0.15) is 5.75 Å². The first-order chi connectivity index (χ1) is 6.77. The van der Waals surface area contributed by atoms with Gasteiger partial charge >= 0.3 is 5.97 Å². The molecule has 0 saturated carbocycles. The van der Waals surface area contributed by atoms with Crippen molar-refractivity contribution in [1.82, 2.24) is 0 Å². The van der Waals surface area contributed by atoms with Gasteiger partial charge in [-0.1, -0.05) is 18.2 Å². The van der Waals surface area contributed by atoms with Crippen molar-refractivity contribution in [2.24, 2.45) is 0 Å². The lowest BCUT2D eigenvalue weighted by molar-refractivity contribution is -0.134. The van der Waals surface area contributed by atoms with E-state index in [1.54, 1.807) is 13.2 Å². The first kappa shape index (κ1) is 10.3. The molecule has 0 saturated heterocycles. The Morgan fingerprint density at radius 3 is 2.64 bits per heavy atom. The quantitative estimate of drug-likeness (QED) is 0.542. The van der Waals surface area contributed by atoms with E-state index in [2.05, 4.69) is 4.74 Å². The van der Waals surface area contributed by atoms with Crippen LogP contribution in [0.3, 0.4) is 0 Å². The summed E-state index contributed by atoms with van der Waals surface area (Å²) in [4.78, 5) is 10.8. The van der Waals surface area contributed by atoms with Gasteiger partial charge in [-0.05, 0) is 12.1 Å². The van der Waals surface area contributed by atoms with Gasteiger partial charge in [-0.25, -0.2) is 4.79 Å². The van der Waals surface area contributed by atoms with Gasteiger partial charge in [-0.15, -0.1) is 0 Å². The SMILES string of the molecule is COC(=O)/C=C\c1ccccc1OC. The Bertz CT molecular complexity index is 342. The highest BCUT2D eigenvalue weighted by Gasteiger charge is 1.97. The zero-order chi connectivity index (χ0) is 10.4. The molecular weight excluding hydrogens is 180 g/mol. The number of benzene rings is 1. The minimum Gasteiger partial charge on any atom is -0.496 e. The van der Waals surface area contributed by atoms with Gasteiger partial charge in [0.25, 0.3) is 0 Å². The van der Waals surface area contributed by atoms with Crippen LogP contribution in [0.15, 0.2) is 30.3 Å². The van der Waals surface area contributed by atoms with Crippen molar-refractivity contribution in [3.63, 3.8) is 0 Å². The largest absolute Gasteiger partial charge is 0.496 e. The molecule has 0 spiro atoms. The van der Waals surface area contributed by atoms with Crippen molar-refractivity contribution in [2.75, 3.05) is 14.2 Å². The van der Waals surface area contributed by atoms with Gasteiger partial charge in [0.2, 0.25) is 0 Å². The molecule has 1 aromatic rings. The number of hydrogen-bond donors (Lipinski definition) is 0. The van der Waals surface area contributed by atoms with Crippen molar-refractivity contribution in [3.05, 3.63) is 35.9 Å².